The van der Waals surface area contributed by atoms with Gasteiger partial charge in [-0.05, 0) is 30.5 Å². The minimum absolute atomic E-state index is 0.201. The molecule has 1 fully saturated rings. The molecule has 1 saturated carbocycles. The van der Waals surface area contributed by atoms with Crippen molar-refractivity contribution in [1.29, 1.82) is 0 Å². The van der Waals surface area contributed by atoms with Crippen LogP contribution in [-0.4, -0.2) is 5.88 Å². The molecule has 0 aromatic heterocycles. The summed E-state index contributed by atoms with van der Waals surface area (Å²) in [6, 6.07) is 8.15. The van der Waals surface area contributed by atoms with E-state index >= 15 is 0 Å². The van der Waals surface area contributed by atoms with Gasteiger partial charge < -0.3 is 0 Å². The van der Waals surface area contributed by atoms with Gasteiger partial charge in [-0.25, -0.2) is 0 Å². The Bertz CT molecular complexity index is 314. The van der Waals surface area contributed by atoms with Gasteiger partial charge in [0, 0.05) is 16.3 Å². The Labute approximate surface area is 95.2 Å². The molecule has 0 unspecified atom stereocenters. The zero-order valence-electron chi connectivity index (χ0n) is 8.10. The average Bonchev–Trinajstić information content (AvgIpc) is 2.67. The van der Waals surface area contributed by atoms with Gasteiger partial charge in [0.1, 0.15) is 0 Å². The van der Waals surface area contributed by atoms with Crippen molar-refractivity contribution in [2.75, 3.05) is 5.88 Å². The molecule has 76 valence electrons. The minimum Gasteiger partial charge on any atom is -0.126 e. The van der Waals surface area contributed by atoms with E-state index < -0.39 is 0 Å². The highest BCUT2D eigenvalue weighted by molar-refractivity contribution is 6.30. The standard InChI is InChI=1S/C12H14Cl2/c13-9-12(6-1-2-7-12)10-4-3-5-11(14)8-10/h3-5,8H,1-2,6-7,9H2. The Hall–Kier alpha value is -0.200. The summed E-state index contributed by atoms with van der Waals surface area (Å²) in [5, 5.41) is 0.818. The zero-order valence-corrected chi connectivity index (χ0v) is 9.61. The van der Waals surface area contributed by atoms with Gasteiger partial charge in [-0.15, -0.1) is 11.6 Å². The van der Waals surface area contributed by atoms with E-state index in [-0.39, 0.29) is 5.41 Å². The number of halogens is 2. The number of alkyl halides is 1. The van der Waals surface area contributed by atoms with Crippen LogP contribution < -0.4 is 0 Å². The molecule has 0 N–H and O–H groups in total. The molecule has 0 amide bonds. The van der Waals surface area contributed by atoms with E-state index in [4.69, 9.17) is 23.2 Å². The van der Waals surface area contributed by atoms with E-state index in [1.165, 1.54) is 31.2 Å². The number of hydrogen-bond donors (Lipinski definition) is 0. The monoisotopic (exact) mass is 228 g/mol. The van der Waals surface area contributed by atoms with Crippen LogP contribution in [0.4, 0.5) is 0 Å². The Morgan fingerprint density at radius 3 is 2.50 bits per heavy atom. The van der Waals surface area contributed by atoms with E-state index in [1.54, 1.807) is 0 Å². The highest BCUT2D eigenvalue weighted by Gasteiger charge is 2.34. The third kappa shape index (κ3) is 1.78. The third-order valence-electron chi connectivity index (χ3n) is 3.25. The van der Waals surface area contributed by atoms with Crippen molar-refractivity contribution < 1.29 is 0 Å². The average molecular weight is 229 g/mol. The van der Waals surface area contributed by atoms with E-state index in [9.17, 15) is 0 Å². The van der Waals surface area contributed by atoms with Crippen LogP contribution in [0.25, 0.3) is 0 Å². The fourth-order valence-electron chi connectivity index (χ4n) is 2.37. The van der Waals surface area contributed by atoms with Crippen LogP contribution in [0.15, 0.2) is 24.3 Å². The van der Waals surface area contributed by atoms with Crippen LogP contribution in [-0.2, 0) is 5.41 Å². The first kappa shape index (κ1) is 10.3. The highest BCUT2D eigenvalue weighted by atomic mass is 35.5. The van der Waals surface area contributed by atoms with Crippen LogP contribution in [0, 0.1) is 0 Å². The Morgan fingerprint density at radius 1 is 1.21 bits per heavy atom. The molecule has 0 spiro atoms. The van der Waals surface area contributed by atoms with Crippen molar-refractivity contribution in [2.24, 2.45) is 0 Å². The molecule has 0 saturated heterocycles. The smallest absolute Gasteiger partial charge is 0.0408 e. The zero-order chi connectivity index (χ0) is 10.0. The summed E-state index contributed by atoms with van der Waals surface area (Å²) in [5.74, 6) is 0.716. The van der Waals surface area contributed by atoms with E-state index in [0.717, 1.165) is 5.02 Å². The molecule has 1 aromatic carbocycles. The fraction of sp³-hybridized carbons (Fsp3) is 0.500. The van der Waals surface area contributed by atoms with E-state index in [2.05, 4.69) is 12.1 Å². The molecule has 14 heavy (non-hydrogen) atoms. The summed E-state index contributed by atoms with van der Waals surface area (Å²) < 4.78 is 0. The van der Waals surface area contributed by atoms with Crippen molar-refractivity contribution in [3.63, 3.8) is 0 Å². The van der Waals surface area contributed by atoms with Gasteiger partial charge in [-0.1, -0.05) is 36.6 Å². The van der Waals surface area contributed by atoms with Crippen molar-refractivity contribution in [3.8, 4) is 0 Å². The molecule has 0 radical (unpaired) electrons. The summed E-state index contributed by atoms with van der Waals surface area (Å²) in [6.45, 7) is 0. The second-order valence-electron chi connectivity index (χ2n) is 4.13. The summed E-state index contributed by atoms with van der Waals surface area (Å²) in [5.41, 5.74) is 1.52. The largest absolute Gasteiger partial charge is 0.126 e. The lowest BCUT2D eigenvalue weighted by Crippen LogP contribution is -2.23. The molecule has 1 aliphatic carbocycles. The normalized spacial score (nSPS) is 19.9. The molecular weight excluding hydrogens is 215 g/mol. The van der Waals surface area contributed by atoms with Gasteiger partial charge in [0.25, 0.3) is 0 Å². The highest BCUT2D eigenvalue weighted by Crippen LogP contribution is 2.42. The summed E-state index contributed by atoms with van der Waals surface area (Å²) in [6.07, 6.45) is 4.99. The Kier molecular flexibility index (Phi) is 3.04. The van der Waals surface area contributed by atoms with Gasteiger partial charge in [0.2, 0.25) is 0 Å². The molecular formula is C12H14Cl2. The first-order valence-electron chi connectivity index (χ1n) is 5.09. The fourth-order valence-corrected chi connectivity index (χ4v) is 2.98. The van der Waals surface area contributed by atoms with Gasteiger partial charge in [0.15, 0.2) is 0 Å². The predicted octanol–water partition coefficient (Wildman–Crippen LogP) is 4.39. The van der Waals surface area contributed by atoms with Crippen LogP contribution in [0.1, 0.15) is 31.2 Å². The lowest BCUT2D eigenvalue weighted by molar-refractivity contribution is 0.498. The van der Waals surface area contributed by atoms with Crippen molar-refractivity contribution in [1.82, 2.24) is 0 Å². The minimum atomic E-state index is 0.201. The molecule has 2 heteroatoms. The SMILES string of the molecule is ClCC1(c2cccc(Cl)c2)CCCC1. The summed E-state index contributed by atoms with van der Waals surface area (Å²) in [4.78, 5) is 0. The molecule has 0 atom stereocenters. The van der Waals surface area contributed by atoms with E-state index in [0.29, 0.717) is 5.88 Å². The topological polar surface area (TPSA) is 0 Å². The number of hydrogen-bond acceptors (Lipinski definition) is 0. The lowest BCUT2D eigenvalue weighted by Gasteiger charge is -2.26. The third-order valence-corrected chi connectivity index (χ3v) is 4.00. The van der Waals surface area contributed by atoms with Crippen molar-refractivity contribution >= 4 is 23.2 Å². The maximum absolute atomic E-state index is 6.11. The summed E-state index contributed by atoms with van der Waals surface area (Å²) in [7, 11) is 0. The molecule has 1 aromatic rings. The van der Waals surface area contributed by atoms with Crippen LogP contribution in [0.5, 0.6) is 0 Å². The maximum Gasteiger partial charge on any atom is 0.0408 e. The molecule has 1 aliphatic rings. The second kappa shape index (κ2) is 4.12. The summed E-state index contributed by atoms with van der Waals surface area (Å²) >= 11 is 12.1. The van der Waals surface area contributed by atoms with Gasteiger partial charge in [-0.2, -0.15) is 0 Å². The first-order chi connectivity index (χ1) is 6.77. The second-order valence-corrected chi connectivity index (χ2v) is 4.84. The molecule has 0 heterocycles. The predicted molar refractivity (Wildman–Crippen MR) is 62.3 cm³/mol. The number of rotatable bonds is 2. The quantitative estimate of drug-likeness (QED) is 0.659. The van der Waals surface area contributed by atoms with Crippen LogP contribution in [0.3, 0.4) is 0 Å². The van der Waals surface area contributed by atoms with Crippen LogP contribution >= 0.6 is 23.2 Å². The van der Waals surface area contributed by atoms with Gasteiger partial charge in [0.05, 0.1) is 0 Å². The van der Waals surface area contributed by atoms with Crippen molar-refractivity contribution in [3.05, 3.63) is 34.9 Å². The van der Waals surface area contributed by atoms with E-state index in [1.807, 2.05) is 12.1 Å². The Balaban J connectivity index is 2.35. The Morgan fingerprint density at radius 2 is 1.93 bits per heavy atom. The maximum atomic E-state index is 6.11. The molecule has 0 nitrogen and oxygen atoms in total. The first-order valence-corrected chi connectivity index (χ1v) is 6.00. The molecule has 2 rings (SSSR count). The molecule has 0 bridgehead atoms. The number of benzene rings is 1. The van der Waals surface area contributed by atoms with Crippen molar-refractivity contribution in [2.45, 2.75) is 31.1 Å². The van der Waals surface area contributed by atoms with Crippen LogP contribution in [0.2, 0.25) is 5.02 Å². The van der Waals surface area contributed by atoms with Gasteiger partial charge in [-0.3, -0.25) is 0 Å². The van der Waals surface area contributed by atoms with Gasteiger partial charge >= 0.3 is 0 Å². The lowest BCUT2D eigenvalue weighted by atomic mass is 9.81. The molecule has 0 aliphatic heterocycles.